The van der Waals surface area contributed by atoms with Gasteiger partial charge in [-0.15, -0.1) is 0 Å². The van der Waals surface area contributed by atoms with Gasteiger partial charge in [-0.25, -0.2) is 4.79 Å². The maximum Gasteiger partial charge on any atom is 0.326 e. The Hall–Kier alpha value is -1.63. The molecule has 20 heavy (non-hydrogen) atoms. The molecule has 0 aromatic rings. The maximum absolute atomic E-state index is 11.8. The Morgan fingerprint density at radius 3 is 2.65 bits per heavy atom. The smallest absolute Gasteiger partial charge is 0.326 e. The van der Waals surface area contributed by atoms with Gasteiger partial charge in [-0.1, -0.05) is 6.92 Å². The zero-order valence-corrected chi connectivity index (χ0v) is 11.8. The molecule has 0 aromatic heterocycles. The zero-order chi connectivity index (χ0) is 15.1. The van der Waals surface area contributed by atoms with Crippen molar-refractivity contribution in [3.8, 4) is 0 Å². The summed E-state index contributed by atoms with van der Waals surface area (Å²) < 4.78 is 10.0. The molecule has 0 unspecified atom stereocenters. The number of carbonyl (C=O) groups excluding carboxylic acids is 2. The molecule has 3 atom stereocenters. The van der Waals surface area contributed by atoms with Gasteiger partial charge in [-0.2, -0.15) is 0 Å². The molecule has 0 aliphatic carbocycles. The molecule has 114 valence electrons. The lowest BCUT2D eigenvalue weighted by molar-refractivity contribution is -0.150. The van der Waals surface area contributed by atoms with E-state index >= 15 is 0 Å². The van der Waals surface area contributed by atoms with Crippen LogP contribution in [0, 0.1) is 5.92 Å². The lowest BCUT2D eigenvalue weighted by Gasteiger charge is -2.19. The van der Waals surface area contributed by atoms with Crippen molar-refractivity contribution in [2.45, 2.75) is 45.3 Å². The molecule has 7 heteroatoms. The fourth-order valence-corrected chi connectivity index (χ4v) is 2.00. The van der Waals surface area contributed by atoms with E-state index in [0.717, 1.165) is 6.42 Å². The maximum atomic E-state index is 11.8. The standard InChI is InChI=1S/C13H21NO6/c1-3-19-13(18)8(2)7-9(12(16)17)14-11(15)10-5-4-6-20-10/h8-10H,3-7H2,1-2H3,(H,14,15)(H,16,17)/t8-,9-,10+/m0/s1. The van der Waals surface area contributed by atoms with E-state index in [0.29, 0.717) is 13.0 Å². The van der Waals surface area contributed by atoms with Crippen LogP contribution in [0.5, 0.6) is 0 Å². The van der Waals surface area contributed by atoms with Crippen molar-refractivity contribution in [2.75, 3.05) is 13.2 Å². The SMILES string of the molecule is CCOC(=O)[C@@H](C)C[C@H](NC(=O)[C@H]1CCCO1)C(=O)O. The number of hydrogen-bond acceptors (Lipinski definition) is 5. The lowest BCUT2D eigenvalue weighted by Crippen LogP contribution is -2.46. The number of esters is 1. The average molecular weight is 287 g/mol. The van der Waals surface area contributed by atoms with Gasteiger partial charge in [-0.05, 0) is 26.2 Å². The Bertz CT molecular complexity index is 364. The van der Waals surface area contributed by atoms with Crippen LogP contribution in [0.3, 0.4) is 0 Å². The predicted molar refractivity (Wildman–Crippen MR) is 69.0 cm³/mol. The first-order valence-electron chi connectivity index (χ1n) is 6.77. The van der Waals surface area contributed by atoms with E-state index in [1.807, 2.05) is 0 Å². The molecule has 1 saturated heterocycles. The van der Waals surface area contributed by atoms with Gasteiger partial charge in [0.1, 0.15) is 12.1 Å². The fourth-order valence-electron chi connectivity index (χ4n) is 2.00. The summed E-state index contributed by atoms with van der Waals surface area (Å²) in [4.78, 5) is 34.5. The van der Waals surface area contributed by atoms with Crippen LogP contribution in [0.15, 0.2) is 0 Å². The number of carboxylic acid groups (broad SMARTS) is 1. The van der Waals surface area contributed by atoms with Gasteiger partial charge in [-0.3, -0.25) is 9.59 Å². The fraction of sp³-hybridized carbons (Fsp3) is 0.769. The summed E-state index contributed by atoms with van der Waals surface area (Å²) in [6, 6.07) is -1.12. The third-order valence-corrected chi connectivity index (χ3v) is 3.11. The minimum atomic E-state index is -1.17. The molecule has 2 N–H and O–H groups in total. The summed E-state index contributed by atoms with van der Waals surface area (Å²) in [6.07, 6.45) is 0.780. The first kappa shape index (κ1) is 16.4. The normalized spacial score (nSPS) is 21.0. The highest BCUT2D eigenvalue weighted by Gasteiger charge is 2.30. The second-order valence-electron chi connectivity index (χ2n) is 4.79. The molecule has 1 aliphatic rings. The summed E-state index contributed by atoms with van der Waals surface area (Å²) in [5.41, 5.74) is 0. The number of carboxylic acids is 1. The van der Waals surface area contributed by atoms with E-state index < -0.39 is 35.9 Å². The van der Waals surface area contributed by atoms with Crippen molar-refractivity contribution in [2.24, 2.45) is 5.92 Å². The third-order valence-electron chi connectivity index (χ3n) is 3.11. The van der Waals surface area contributed by atoms with E-state index in [-0.39, 0.29) is 13.0 Å². The van der Waals surface area contributed by atoms with Crippen LogP contribution < -0.4 is 5.32 Å². The molecule has 1 rings (SSSR count). The van der Waals surface area contributed by atoms with Gasteiger partial charge in [0, 0.05) is 6.61 Å². The summed E-state index contributed by atoms with van der Waals surface area (Å²) in [7, 11) is 0. The minimum Gasteiger partial charge on any atom is -0.480 e. The number of hydrogen-bond donors (Lipinski definition) is 2. The van der Waals surface area contributed by atoms with Crippen LogP contribution >= 0.6 is 0 Å². The van der Waals surface area contributed by atoms with Crippen LogP contribution in [0.1, 0.15) is 33.1 Å². The average Bonchev–Trinajstić information content (AvgIpc) is 2.91. The Kier molecular flexibility index (Phi) is 6.44. The molecule has 1 fully saturated rings. The molecule has 7 nitrogen and oxygen atoms in total. The van der Waals surface area contributed by atoms with Crippen LogP contribution in [0.2, 0.25) is 0 Å². The minimum absolute atomic E-state index is 0.00731. The van der Waals surface area contributed by atoms with E-state index in [1.165, 1.54) is 0 Å². The predicted octanol–water partition coefficient (Wildman–Crippen LogP) is 0.324. The van der Waals surface area contributed by atoms with Crippen LogP contribution in [-0.4, -0.2) is 48.3 Å². The highest BCUT2D eigenvalue weighted by Crippen LogP contribution is 2.14. The van der Waals surface area contributed by atoms with Gasteiger partial charge >= 0.3 is 11.9 Å². The van der Waals surface area contributed by atoms with E-state index in [4.69, 9.17) is 14.6 Å². The Morgan fingerprint density at radius 2 is 2.15 bits per heavy atom. The molecule has 1 amide bonds. The van der Waals surface area contributed by atoms with Gasteiger partial charge in [0.25, 0.3) is 0 Å². The van der Waals surface area contributed by atoms with Crippen molar-refractivity contribution < 1.29 is 29.0 Å². The second-order valence-corrected chi connectivity index (χ2v) is 4.79. The summed E-state index contributed by atoms with van der Waals surface area (Å²) in [6.45, 7) is 4.00. The van der Waals surface area contributed by atoms with Crippen molar-refractivity contribution in [1.29, 1.82) is 0 Å². The van der Waals surface area contributed by atoms with Gasteiger partial charge in [0.2, 0.25) is 5.91 Å². The largest absolute Gasteiger partial charge is 0.480 e. The molecule has 0 saturated carbocycles. The van der Waals surface area contributed by atoms with E-state index in [9.17, 15) is 14.4 Å². The van der Waals surface area contributed by atoms with Crippen molar-refractivity contribution in [3.05, 3.63) is 0 Å². The first-order valence-corrected chi connectivity index (χ1v) is 6.77. The summed E-state index contributed by atoms with van der Waals surface area (Å²) >= 11 is 0. The highest BCUT2D eigenvalue weighted by atomic mass is 16.5. The number of nitrogens with one attached hydrogen (secondary N) is 1. The molecule has 0 radical (unpaired) electrons. The van der Waals surface area contributed by atoms with E-state index in [2.05, 4.69) is 5.32 Å². The number of carbonyl (C=O) groups is 3. The van der Waals surface area contributed by atoms with Crippen molar-refractivity contribution >= 4 is 17.8 Å². The number of ether oxygens (including phenoxy) is 2. The van der Waals surface area contributed by atoms with Gasteiger partial charge < -0.3 is 19.9 Å². The molecule has 0 spiro atoms. The highest BCUT2D eigenvalue weighted by molar-refractivity contribution is 5.86. The van der Waals surface area contributed by atoms with Crippen LogP contribution in [-0.2, 0) is 23.9 Å². The molecular weight excluding hydrogens is 266 g/mol. The molecule has 1 aliphatic heterocycles. The lowest BCUT2D eigenvalue weighted by atomic mass is 10.0. The van der Waals surface area contributed by atoms with Gasteiger partial charge in [0.05, 0.1) is 12.5 Å². The zero-order valence-electron chi connectivity index (χ0n) is 11.8. The van der Waals surface area contributed by atoms with Crippen LogP contribution in [0.4, 0.5) is 0 Å². The molecule has 0 bridgehead atoms. The second kappa shape index (κ2) is 7.84. The molecular formula is C13H21NO6. The molecule has 1 heterocycles. The Labute approximate surface area is 117 Å². The van der Waals surface area contributed by atoms with E-state index in [1.54, 1.807) is 13.8 Å². The van der Waals surface area contributed by atoms with Gasteiger partial charge in [0.15, 0.2) is 0 Å². The molecule has 0 aromatic carbocycles. The summed E-state index contributed by atoms with van der Waals surface area (Å²) in [5, 5.41) is 11.5. The number of aliphatic carboxylic acids is 1. The first-order chi connectivity index (χ1) is 9.45. The third kappa shape index (κ3) is 4.80. The summed E-state index contributed by atoms with van der Waals surface area (Å²) in [5.74, 6) is -2.68. The monoisotopic (exact) mass is 287 g/mol. The quantitative estimate of drug-likeness (QED) is 0.654. The number of amides is 1. The topological polar surface area (TPSA) is 102 Å². The number of rotatable bonds is 7. The Balaban J connectivity index is 2.53. The Morgan fingerprint density at radius 1 is 1.45 bits per heavy atom. The van der Waals surface area contributed by atoms with Crippen molar-refractivity contribution in [1.82, 2.24) is 5.32 Å². The van der Waals surface area contributed by atoms with Crippen LogP contribution in [0.25, 0.3) is 0 Å². The van der Waals surface area contributed by atoms with Crippen molar-refractivity contribution in [3.63, 3.8) is 0 Å².